The molecule has 28 heavy (non-hydrogen) atoms. The molecule has 1 atom stereocenters. The number of imidazole rings is 1. The number of aromatic nitrogens is 2. The van der Waals surface area contributed by atoms with Crippen LogP contribution in [0.15, 0.2) is 41.7 Å². The van der Waals surface area contributed by atoms with Gasteiger partial charge in [-0.15, -0.1) is 0 Å². The van der Waals surface area contributed by atoms with Crippen LogP contribution in [-0.4, -0.2) is 54.9 Å². The minimum Gasteiger partial charge on any atom is -0.376 e. The second-order valence-corrected chi connectivity index (χ2v) is 9.57. The van der Waals surface area contributed by atoms with Gasteiger partial charge in [0.25, 0.3) is 0 Å². The molecule has 7 heteroatoms. The van der Waals surface area contributed by atoms with Crippen LogP contribution in [0.5, 0.6) is 0 Å². The molecular weight excluding hydrogens is 374 g/mol. The molecule has 0 aliphatic carbocycles. The third kappa shape index (κ3) is 5.43. The summed E-state index contributed by atoms with van der Waals surface area (Å²) in [5.74, 6) is 0.124. The number of sulfone groups is 1. The first kappa shape index (κ1) is 21.0. The Morgan fingerprint density at radius 2 is 2.07 bits per heavy atom. The summed E-state index contributed by atoms with van der Waals surface area (Å²) in [6.07, 6.45) is 5.33. The number of benzene rings is 1. The van der Waals surface area contributed by atoms with Crippen LogP contribution in [0.2, 0.25) is 0 Å². The number of ether oxygens (including phenoxy) is 1. The van der Waals surface area contributed by atoms with Gasteiger partial charge in [-0.1, -0.05) is 37.3 Å². The largest absolute Gasteiger partial charge is 0.376 e. The van der Waals surface area contributed by atoms with Gasteiger partial charge in [-0.05, 0) is 38.3 Å². The highest BCUT2D eigenvalue weighted by molar-refractivity contribution is 7.91. The summed E-state index contributed by atoms with van der Waals surface area (Å²) in [6.45, 7) is 4.74. The van der Waals surface area contributed by atoms with Crippen molar-refractivity contribution in [3.8, 4) is 0 Å². The minimum absolute atomic E-state index is 0.0677. The van der Waals surface area contributed by atoms with Crippen molar-refractivity contribution >= 4 is 9.84 Å². The van der Waals surface area contributed by atoms with Crippen LogP contribution in [0.4, 0.5) is 0 Å². The average Bonchev–Trinajstić information content (AvgIpc) is 3.32. The first-order chi connectivity index (χ1) is 13.5. The van der Waals surface area contributed by atoms with Gasteiger partial charge in [0, 0.05) is 19.7 Å². The topological polar surface area (TPSA) is 64.4 Å². The van der Waals surface area contributed by atoms with E-state index < -0.39 is 9.84 Å². The summed E-state index contributed by atoms with van der Waals surface area (Å²) in [7, 11) is -1.31. The van der Waals surface area contributed by atoms with Gasteiger partial charge >= 0.3 is 0 Å². The van der Waals surface area contributed by atoms with E-state index in [0.29, 0.717) is 19.5 Å². The molecule has 1 aromatic carbocycles. The minimum atomic E-state index is -3.38. The zero-order valence-electron chi connectivity index (χ0n) is 16.9. The summed E-state index contributed by atoms with van der Waals surface area (Å²) < 4.78 is 33.0. The van der Waals surface area contributed by atoms with Gasteiger partial charge in [-0.25, -0.2) is 13.4 Å². The standard InChI is InChI=1S/C21H31N3O3S/c1-3-14-28(25,26)21-22-15-19(24(21)17-20-10-7-13-27-20)16-23(2)12-11-18-8-5-4-6-9-18/h4-6,8-9,15,20H,3,7,10-14,16-17H2,1-2H3. The van der Waals surface area contributed by atoms with E-state index in [9.17, 15) is 8.42 Å². The quantitative estimate of drug-likeness (QED) is 0.608. The van der Waals surface area contributed by atoms with E-state index in [1.807, 2.05) is 17.6 Å². The molecule has 1 saturated heterocycles. The van der Waals surface area contributed by atoms with Crippen molar-refractivity contribution in [3.05, 3.63) is 47.8 Å². The van der Waals surface area contributed by atoms with Crippen LogP contribution >= 0.6 is 0 Å². The number of nitrogens with zero attached hydrogens (tertiary/aromatic N) is 3. The predicted octanol–water partition coefficient (Wildman–Crippen LogP) is 2.92. The van der Waals surface area contributed by atoms with Gasteiger partial charge in [0.1, 0.15) is 0 Å². The molecule has 1 aliphatic heterocycles. The first-order valence-corrected chi connectivity index (χ1v) is 11.8. The van der Waals surface area contributed by atoms with Gasteiger partial charge in [0.05, 0.1) is 30.3 Å². The molecule has 2 aromatic rings. The highest BCUT2D eigenvalue weighted by Gasteiger charge is 2.26. The molecule has 2 heterocycles. The summed E-state index contributed by atoms with van der Waals surface area (Å²) in [6, 6.07) is 10.4. The van der Waals surface area contributed by atoms with Gasteiger partial charge in [0.2, 0.25) is 15.0 Å². The fourth-order valence-corrected chi connectivity index (χ4v) is 5.09. The lowest BCUT2D eigenvalue weighted by atomic mass is 10.1. The van der Waals surface area contributed by atoms with E-state index in [0.717, 1.165) is 38.1 Å². The zero-order chi connectivity index (χ0) is 20.0. The Morgan fingerprint density at radius 3 is 2.75 bits per heavy atom. The normalized spacial score (nSPS) is 17.5. The van der Waals surface area contributed by atoms with Crippen LogP contribution in [0.1, 0.15) is 37.4 Å². The van der Waals surface area contributed by atoms with Crippen molar-refractivity contribution in [2.75, 3.05) is 26.0 Å². The monoisotopic (exact) mass is 405 g/mol. The Labute approximate surface area is 168 Å². The van der Waals surface area contributed by atoms with Crippen LogP contribution in [0.25, 0.3) is 0 Å². The van der Waals surface area contributed by atoms with Gasteiger partial charge < -0.3 is 14.2 Å². The average molecular weight is 406 g/mol. The van der Waals surface area contributed by atoms with Gasteiger partial charge in [-0.3, -0.25) is 0 Å². The third-order valence-corrected chi connectivity index (χ3v) is 6.95. The SMILES string of the molecule is CCCS(=O)(=O)c1ncc(CN(C)CCc2ccccc2)n1CC1CCCO1. The Hall–Kier alpha value is -1.70. The smallest absolute Gasteiger partial charge is 0.227 e. The zero-order valence-corrected chi connectivity index (χ0v) is 17.7. The Balaban J connectivity index is 1.74. The van der Waals surface area contributed by atoms with Gasteiger partial charge in [-0.2, -0.15) is 0 Å². The summed E-state index contributed by atoms with van der Waals surface area (Å²) in [5.41, 5.74) is 2.23. The maximum Gasteiger partial charge on any atom is 0.227 e. The fraction of sp³-hybridized carbons (Fsp3) is 0.571. The lowest BCUT2D eigenvalue weighted by molar-refractivity contribution is 0.0934. The van der Waals surface area contributed by atoms with Crippen molar-refractivity contribution < 1.29 is 13.2 Å². The molecule has 3 rings (SSSR count). The van der Waals surface area contributed by atoms with E-state index >= 15 is 0 Å². The van der Waals surface area contributed by atoms with E-state index in [1.54, 1.807) is 6.20 Å². The highest BCUT2D eigenvalue weighted by atomic mass is 32.2. The number of rotatable bonds is 10. The maximum absolute atomic E-state index is 12.7. The van der Waals surface area contributed by atoms with E-state index in [2.05, 4.69) is 41.2 Å². The molecule has 0 amide bonds. The molecule has 0 N–H and O–H groups in total. The molecule has 0 saturated carbocycles. The molecular formula is C21H31N3O3S. The van der Waals surface area contributed by atoms with Crippen LogP contribution < -0.4 is 0 Å². The van der Waals surface area contributed by atoms with Crippen molar-refractivity contribution in [1.29, 1.82) is 0 Å². The number of likely N-dealkylation sites (N-methyl/N-ethyl adjacent to an activating group) is 1. The fourth-order valence-electron chi connectivity index (χ4n) is 3.63. The van der Waals surface area contributed by atoms with E-state index in [1.165, 1.54) is 5.56 Å². The highest BCUT2D eigenvalue weighted by Crippen LogP contribution is 2.21. The molecule has 1 aliphatic rings. The molecule has 1 unspecified atom stereocenters. The first-order valence-electron chi connectivity index (χ1n) is 10.1. The number of hydrogen-bond donors (Lipinski definition) is 0. The van der Waals surface area contributed by atoms with Crippen molar-refractivity contribution in [2.24, 2.45) is 0 Å². The van der Waals surface area contributed by atoms with Gasteiger partial charge in [0.15, 0.2) is 0 Å². The second-order valence-electron chi connectivity index (χ2n) is 7.57. The third-order valence-electron chi connectivity index (χ3n) is 5.12. The van der Waals surface area contributed by atoms with Crippen molar-refractivity contribution in [3.63, 3.8) is 0 Å². The molecule has 6 nitrogen and oxygen atoms in total. The lowest BCUT2D eigenvalue weighted by Gasteiger charge is -2.20. The molecule has 1 aromatic heterocycles. The van der Waals surface area contributed by atoms with E-state index in [-0.39, 0.29) is 17.0 Å². The van der Waals surface area contributed by atoms with Crippen molar-refractivity contribution in [2.45, 2.75) is 57.0 Å². The number of hydrogen-bond acceptors (Lipinski definition) is 5. The molecule has 154 valence electrons. The maximum atomic E-state index is 12.7. The van der Waals surface area contributed by atoms with Crippen LogP contribution in [0.3, 0.4) is 0 Å². The lowest BCUT2D eigenvalue weighted by Crippen LogP contribution is -2.26. The van der Waals surface area contributed by atoms with Crippen LogP contribution in [-0.2, 0) is 34.1 Å². The molecule has 1 fully saturated rings. The molecule has 0 bridgehead atoms. The summed E-state index contributed by atoms with van der Waals surface area (Å²) >= 11 is 0. The Morgan fingerprint density at radius 1 is 1.29 bits per heavy atom. The summed E-state index contributed by atoms with van der Waals surface area (Å²) in [5, 5.41) is 0.191. The second kappa shape index (κ2) is 9.67. The molecule has 0 radical (unpaired) electrons. The predicted molar refractivity (Wildman–Crippen MR) is 110 cm³/mol. The van der Waals surface area contributed by atoms with E-state index in [4.69, 9.17) is 4.74 Å². The van der Waals surface area contributed by atoms with Crippen molar-refractivity contribution in [1.82, 2.24) is 14.5 Å². The Kier molecular flexibility index (Phi) is 7.26. The molecule has 0 spiro atoms. The summed E-state index contributed by atoms with van der Waals surface area (Å²) in [4.78, 5) is 6.53. The van der Waals surface area contributed by atoms with Crippen LogP contribution in [0, 0.1) is 0 Å². The Bertz CT molecular complexity index is 843.